The number of aryl methyl sites for hydroxylation is 2. The Balaban J connectivity index is 1.47. The number of fused-ring (bicyclic) bond motifs is 1. The van der Waals surface area contributed by atoms with Gasteiger partial charge in [-0.05, 0) is 81.5 Å². The van der Waals surface area contributed by atoms with Crippen LogP contribution in [0.5, 0.6) is 11.5 Å². The number of para-hydroxylation sites is 1. The molecular weight excluding hydrogens is 560 g/mol. The number of nitrogens with one attached hydrogen (secondary N) is 1. The fourth-order valence-electron chi connectivity index (χ4n) is 4.60. The van der Waals surface area contributed by atoms with Gasteiger partial charge in [0.05, 0.1) is 17.3 Å². The highest BCUT2D eigenvalue weighted by atomic mass is 79.9. The van der Waals surface area contributed by atoms with Crippen LogP contribution < -0.4 is 19.7 Å². The van der Waals surface area contributed by atoms with E-state index in [1.54, 1.807) is 37.3 Å². The molecule has 5 rings (SSSR count). The summed E-state index contributed by atoms with van der Waals surface area (Å²) < 4.78 is 12.4. The number of rotatable bonds is 6. The Hall–Kier alpha value is -4.43. The van der Waals surface area contributed by atoms with Crippen LogP contribution in [0.4, 0.5) is 10.5 Å². The van der Waals surface area contributed by atoms with Crippen molar-refractivity contribution in [2.24, 2.45) is 0 Å². The molecule has 39 heavy (non-hydrogen) atoms. The summed E-state index contributed by atoms with van der Waals surface area (Å²) in [6.45, 7) is 4.15. The molecule has 1 aliphatic rings. The largest absolute Gasteiger partial charge is 0.493 e. The molecule has 4 amide bonds. The number of urea groups is 1. The van der Waals surface area contributed by atoms with E-state index in [1.165, 1.54) is 13.2 Å². The predicted molar refractivity (Wildman–Crippen MR) is 154 cm³/mol. The maximum absolute atomic E-state index is 13.3. The number of anilines is 1. The molecule has 7 nitrogen and oxygen atoms in total. The molecule has 0 aliphatic carbocycles. The molecule has 0 unspecified atom stereocenters. The standard InChI is InChI=1S/C31H25BrN2O5/c1-18-12-13-21-9-5-6-10-22(21)24(18)17-39-28-25(32)15-20(16-27(28)38-3)14-23-29(35)33-31(37)34(30(23)36)26-11-7-4-8-19(26)2/h4-16H,17H2,1-3H3,(H,33,35,37)/b23-14+. The second kappa shape index (κ2) is 10.7. The number of nitrogens with zero attached hydrogens (tertiary/aromatic N) is 1. The van der Waals surface area contributed by atoms with Gasteiger partial charge in [-0.15, -0.1) is 0 Å². The Morgan fingerprint density at radius 3 is 2.44 bits per heavy atom. The van der Waals surface area contributed by atoms with E-state index < -0.39 is 17.8 Å². The van der Waals surface area contributed by atoms with Crippen molar-refractivity contribution < 1.29 is 23.9 Å². The average Bonchev–Trinajstić information content (AvgIpc) is 2.92. The molecule has 0 aromatic heterocycles. The molecule has 4 aromatic rings. The highest BCUT2D eigenvalue weighted by Gasteiger charge is 2.37. The minimum absolute atomic E-state index is 0.174. The number of amides is 4. The molecule has 1 saturated heterocycles. The fourth-order valence-corrected chi connectivity index (χ4v) is 5.18. The zero-order valence-corrected chi connectivity index (χ0v) is 23.2. The van der Waals surface area contributed by atoms with E-state index in [-0.39, 0.29) is 5.57 Å². The van der Waals surface area contributed by atoms with Gasteiger partial charge in [-0.2, -0.15) is 0 Å². The van der Waals surface area contributed by atoms with Gasteiger partial charge in [-0.3, -0.25) is 14.9 Å². The first-order valence-corrected chi connectivity index (χ1v) is 13.0. The van der Waals surface area contributed by atoms with E-state index in [1.807, 2.05) is 25.1 Å². The molecule has 0 spiro atoms. The summed E-state index contributed by atoms with van der Waals surface area (Å²) in [5.74, 6) is -0.565. The van der Waals surface area contributed by atoms with Crippen molar-refractivity contribution in [3.8, 4) is 11.5 Å². The van der Waals surface area contributed by atoms with E-state index in [2.05, 4.69) is 45.5 Å². The number of halogens is 1. The van der Waals surface area contributed by atoms with Crippen LogP contribution in [0.3, 0.4) is 0 Å². The molecule has 4 aromatic carbocycles. The second-order valence-corrected chi connectivity index (χ2v) is 10.0. The monoisotopic (exact) mass is 584 g/mol. The van der Waals surface area contributed by atoms with Crippen molar-refractivity contribution in [2.45, 2.75) is 20.5 Å². The van der Waals surface area contributed by atoms with Crippen LogP contribution in [0.15, 0.2) is 82.8 Å². The van der Waals surface area contributed by atoms with Gasteiger partial charge < -0.3 is 9.47 Å². The van der Waals surface area contributed by atoms with Gasteiger partial charge in [-0.25, -0.2) is 9.69 Å². The van der Waals surface area contributed by atoms with Crippen LogP contribution in [0.25, 0.3) is 16.8 Å². The molecule has 0 saturated carbocycles. The Labute approximate surface area is 234 Å². The summed E-state index contributed by atoms with van der Waals surface area (Å²) in [5, 5.41) is 4.50. The third kappa shape index (κ3) is 5.03. The Morgan fingerprint density at radius 1 is 0.923 bits per heavy atom. The van der Waals surface area contributed by atoms with E-state index in [0.717, 1.165) is 32.4 Å². The number of barbiturate groups is 1. The lowest BCUT2D eigenvalue weighted by atomic mass is 10.0. The second-order valence-electron chi connectivity index (χ2n) is 9.15. The number of hydrogen-bond acceptors (Lipinski definition) is 5. The van der Waals surface area contributed by atoms with E-state index in [4.69, 9.17) is 9.47 Å². The first-order valence-electron chi connectivity index (χ1n) is 12.2. The molecule has 1 fully saturated rings. The summed E-state index contributed by atoms with van der Waals surface area (Å²) in [6.07, 6.45) is 1.43. The number of methoxy groups -OCH3 is 1. The minimum Gasteiger partial charge on any atom is -0.493 e. The van der Waals surface area contributed by atoms with E-state index >= 15 is 0 Å². The van der Waals surface area contributed by atoms with Gasteiger partial charge in [0.2, 0.25) is 0 Å². The fraction of sp³-hybridized carbons (Fsp3) is 0.129. The van der Waals surface area contributed by atoms with Crippen molar-refractivity contribution >= 4 is 56.3 Å². The smallest absolute Gasteiger partial charge is 0.335 e. The van der Waals surface area contributed by atoms with Crippen LogP contribution in [-0.4, -0.2) is 25.0 Å². The predicted octanol–water partition coefficient (Wildman–Crippen LogP) is 6.47. The van der Waals surface area contributed by atoms with Gasteiger partial charge in [0.25, 0.3) is 11.8 Å². The number of hydrogen-bond donors (Lipinski definition) is 1. The maximum Gasteiger partial charge on any atom is 0.335 e. The lowest BCUT2D eigenvalue weighted by Gasteiger charge is -2.27. The Kier molecular flexibility index (Phi) is 7.21. The van der Waals surface area contributed by atoms with Crippen LogP contribution in [0, 0.1) is 13.8 Å². The van der Waals surface area contributed by atoms with Gasteiger partial charge in [0.15, 0.2) is 11.5 Å². The SMILES string of the molecule is COc1cc(/C=C2\C(=O)NC(=O)N(c3ccccc3C)C2=O)cc(Br)c1OCc1c(C)ccc2ccccc12. The lowest BCUT2D eigenvalue weighted by Crippen LogP contribution is -2.54. The molecule has 1 aliphatic heterocycles. The topological polar surface area (TPSA) is 84.9 Å². The van der Waals surface area contributed by atoms with Crippen LogP contribution in [0.1, 0.15) is 22.3 Å². The maximum atomic E-state index is 13.3. The van der Waals surface area contributed by atoms with Crippen molar-refractivity contribution in [2.75, 3.05) is 12.0 Å². The zero-order chi connectivity index (χ0) is 27.7. The van der Waals surface area contributed by atoms with Crippen molar-refractivity contribution in [3.63, 3.8) is 0 Å². The van der Waals surface area contributed by atoms with Crippen LogP contribution >= 0.6 is 15.9 Å². The van der Waals surface area contributed by atoms with Gasteiger partial charge in [-0.1, -0.05) is 54.6 Å². The Bertz CT molecular complexity index is 1680. The molecule has 196 valence electrons. The van der Waals surface area contributed by atoms with Gasteiger partial charge >= 0.3 is 6.03 Å². The number of ether oxygens (including phenoxy) is 2. The zero-order valence-electron chi connectivity index (χ0n) is 21.6. The molecule has 0 radical (unpaired) electrons. The number of benzene rings is 4. The van der Waals surface area contributed by atoms with Crippen molar-refractivity contribution in [3.05, 3.63) is 105 Å². The third-order valence-electron chi connectivity index (χ3n) is 6.66. The molecule has 1 heterocycles. The normalized spacial score (nSPS) is 14.6. The van der Waals surface area contributed by atoms with Crippen molar-refractivity contribution in [1.29, 1.82) is 0 Å². The first kappa shape index (κ1) is 26.2. The number of carbonyl (C=O) groups excluding carboxylic acids is 3. The summed E-state index contributed by atoms with van der Waals surface area (Å²) >= 11 is 3.56. The highest BCUT2D eigenvalue weighted by Crippen LogP contribution is 2.38. The minimum atomic E-state index is -0.789. The quantitative estimate of drug-likeness (QED) is 0.207. The van der Waals surface area contributed by atoms with Gasteiger partial charge in [0, 0.05) is 5.56 Å². The summed E-state index contributed by atoms with van der Waals surface area (Å²) in [6, 6.07) is 21.9. The van der Waals surface area contributed by atoms with Gasteiger partial charge in [0.1, 0.15) is 12.2 Å². The highest BCUT2D eigenvalue weighted by molar-refractivity contribution is 9.10. The molecular formula is C31H25BrN2O5. The summed E-state index contributed by atoms with van der Waals surface area (Å²) in [5.41, 5.74) is 3.65. The summed E-state index contributed by atoms with van der Waals surface area (Å²) in [4.78, 5) is 39.5. The average molecular weight is 585 g/mol. The van der Waals surface area contributed by atoms with E-state index in [0.29, 0.717) is 33.8 Å². The van der Waals surface area contributed by atoms with Crippen molar-refractivity contribution in [1.82, 2.24) is 5.32 Å². The lowest BCUT2D eigenvalue weighted by molar-refractivity contribution is -0.122. The first-order chi connectivity index (χ1) is 18.8. The molecule has 1 N–H and O–H groups in total. The van der Waals surface area contributed by atoms with E-state index in [9.17, 15) is 14.4 Å². The third-order valence-corrected chi connectivity index (χ3v) is 7.25. The van der Waals surface area contributed by atoms with Crippen LogP contribution in [0.2, 0.25) is 0 Å². The molecule has 8 heteroatoms. The number of carbonyl (C=O) groups is 3. The summed E-state index contributed by atoms with van der Waals surface area (Å²) in [7, 11) is 1.52. The Morgan fingerprint density at radius 2 is 1.67 bits per heavy atom. The van der Waals surface area contributed by atoms with Crippen LogP contribution in [-0.2, 0) is 16.2 Å². The molecule has 0 bridgehead atoms. The number of imide groups is 2. The molecule has 0 atom stereocenters.